The molecule has 6 nitrogen and oxygen atoms in total. The average molecular weight is 375 g/mol. The third-order valence-electron chi connectivity index (χ3n) is 4.42. The Morgan fingerprint density at radius 3 is 2.69 bits per heavy atom. The van der Waals surface area contributed by atoms with Crippen LogP contribution in [0.3, 0.4) is 0 Å². The maximum absolute atomic E-state index is 12.5. The fourth-order valence-electron chi connectivity index (χ4n) is 3.01. The van der Waals surface area contributed by atoms with E-state index in [1.54, 1.807) is 4.90 Å². The van der Waals surface area contributed by atoms with E-state index in [4.69, 9.17) is 21.7 Å². The second kappa shape index (κ2) is 9.12. The van der Waals surface area contributed by atoms with Crippen molar-refractivity contribution in [1.82, 2.24) is 10.2 Å². The highest BCUT2D eigenvalue weighted by atomic mass is 32.1. The lowest BCUT2D eigenvalue weighted by molar-refractivity contribution is -0.122. The minimum Gasteiger partial charge on any atom is -0.382 e. The van der Waals surface area contributed by atoms with Gasteiger partial charge in [0.15, 0.2) is 5.11 Å². The quantitative estimate of drug-likeness (QED) is 0.447. The Kier molecular flexibility index (Phi) is 6.60. The van der Waals surface area contributed by atoms with Crippen LogP contribution < -0.4 is 10.2 Å². The van der Waals surface area contributed by atoms with E-state index in [1.165, 1.54) is 5.69 Å². The molecule has 0 aliphatic carbocycles. The van der Waals surface area contributed by atoms with E-state index in [0.29, 0.717) is 30.6 Å². The number of carbonyl (C=O) groups excluding carboxylic acids is 1. The topological polar surface area (TPSA) is 54.0 Å². The van der Waals surface area contributed by atoms with Gasteiger partial charge in [-0.05, 0) is 49.3 Å². The summed E-state index contributed by atoms with van der Waals surface area (Å²) >= 11 is 5.29. The van der Waals surface area contributed by atoms with Gasteiger partial charge >= 0.3 is 0 Å². The molecule has 2 heterocycles. The summed E-state index contributed by atoms with van der Waals surface area (Å²) in [5.41, 5.74) is 2.66. The SMILES string of the molecule is CCOCCCN1C(=O)/C(=C\c2ccc(N3CCOCC3)cc2)NC1=S. The number of anilines is 1. The van der Waals surface area contributed by atoms with Crippen molar-refractivity contribution in [3.8, 4) is 0 Å². The van der Waals surface area contributed by atoms with Gasteiger partial charge in [0.1, 0.15) is 5.70 Å². The molecule has 0 aromatic heterocycles. The predicted octanol–water partition coefficient (Wildman–Crippen LogP) is 2.01. The van der Waals surface area contributed by atoms with Crippen LogP contribution in [-0.4, -0.2) is 62.0 Å². The van der Waals surface area contributed by atoms with Gasteiger partial charge < -0.3 is 19.7 Å². The molecule has 26 heavy (non-hydrogen) atoms. The Morgan fingerprint density at radius 2 is 2.00 bits per heavy atom. The normalized spacial score (nSPS) is 19.3. The Balaban J connectivity index is 1.62. The smallest absolute Gasteiger partial charge is 0.276 e. The molecule has 2 saturated heterocycles. The average Bonchev–Trinajstić information content (AvgIpc) is 2.93. The molecule has 0 atom stereocenters. The van der Waals surface area contributed by atoms with E-state index in [0.717, 1.165) is 38.3 Å². The van der Waals surface area contributed by atoms with Crippen LogP contribution in [0.25, 0.3) is 6.08 Å². The Morgan fingerprint density at radius 1 is 1.27 bits per heavy atom. The van der Waals surface area contributed by atoms with Crippen LogP contribution in [0.2, 0.25) is 0 Å². The van der Waals surface area contributed by atoms with E-state index in [-0.39, 0.29) is 5.91 Å². The highest BCUT2D eigenvalue weighted by Crippen LogP contribution is 2.19. The summed E-state index contributed by atoms with van der Waals surface area (Å²) < 4.78 is 10.7. The van der Waals surface area contributed by atoms with Crippen molar-refractivity contribution in [2.45, 2.75) is 13.3 Å². The van der Waals surface area contributed by atoms with Gasteiger partial charge in [-0.15, -0.1) is 0 Å². The van der Waals surface area contributed by atoms with E-state index in [2.05, 4.69) is 22.3 Å². The lowest BCUT2D eigenvalue weighted by Gasteiger charge is -2.28. The van der Waals surface area contributed by atoms with Crippen LogP contribution in [0, 0.1) is 0 Å². The summed E-state index contributed by atoms with van der Waals surface area (Å²) in [6, 6.07) is 8.20. The number of nitrogens with zero attached hydrogens (tertiary/aromatic N) is 2. The monoisotopic (exact) mass is 375 g/mol. The van der Waals surface area contributed by atoms with Gasteiger partial charge in [-0.2, -0.15) is 0 Å². The first-order valence-electron chi connectivity index (χ1n) is 9.04. The molecule has 1 aromatic rings. The lowest BCUT2D eigenvalue weighted by Crippen LogP contribution is -2.36. The third-order valence-corrected chi connectivity index (χ3v) is 4.74. The minimum atomic E-state index is -0.0799. The molecule has 2 fully saturated rings. The molecular formula is C19H25N3O3S. The third kappa shape index (κ3) is 4.60. The number of hydrogen-bond acceptors (Lipinski definition) is 5. The molecule has 0 bridgehead atoms. The van der Waals surface area contributed by atoms with Crippen LogP contribution in [0.5, 0.6) is 0 Å². The highest BCUT2D eigenvalue weighted by Gasteiger charge is 2.29. The van der Waals surface area contributed by atoms with Crippen molar-refractivity contribution in [3.63, 3.8) is 0 Å². The zero-order valence-electron chi connectivity index (χ0n) is 15.1. The van der Waals surface area contributed by atoms with E-state index in [1.807, 2.05) is 25.1 Å². The molecule has 1 aromatic carbocycles. The maximum atomic E-state index is 12.5. The second-order valence-electron chi connectivity index (χ2n) is 6.19. The molecule has 2 aliphatic rings. The molecule has 0 spiro atoms. The van der Waals surface area contributed by atoms with Gasteiger partial charge in [0, 0.05) is 38.5 Å². The number of ether oxygens (including phenoxy) is 2. The van der Waals surface area contributed by atoms with Gasteiger partial charge in [0.25, 0.3) is 5.91 Å². The van der Waals surface area contributed by atoms with Crippen LogP contribution in [-0.2, 0) is 14.3 Å². The highest BCUT2D eigenvalue weighted by molar-refractivity contribution is 7.80. The Bertz CT molecular complexity index is 669. The summed E-state index contributed by atoms with van der Waals surface area (Å²) in [6.45, 7) is 7.18. The zero-order valence-corrected chi connectivity index (χ0v) is 15.9. The van der Waals surface area contributed by atoms with Gasteiger partial charge in [0.05, 0.1) is 13.2 Å². The first-order chi connectivity index (χ1) is 12.7. The van der Waals surface area contributed by atoms with E-state index >= 15 is 0 Å². The van der Waals surface area contributed by atoms with Crippen molar-refractivity contribution in [1.29, 1.82) is 0 Å². The number of benzene rings is 1. The van der Waals surface area contributed by atoms with Gasteiger partial charge in [-0.3, -0.25) is 9.69 Å². The zero-order chi connectivity index (χ0) is 18.4. The molecular weight excluding hydrogens is 350 g/mol. The number of rotatable bonds is 7. The van der Waals surface area contributed by atoms with Crippen molar-refractivity contribution < 1.29 is 14.3 Å². The van der Waals surface area contributed by atoms with Crippen molar-refractivity contribution in [2.24, 2.45) is 0 Å². The molecule has 2 aliphatic heterocycles. The second-order valence-corrected chi connectivity index (χ2v) is 6.57. The first-order valence-corrected chi connectivity index (χ1v) is 9.45. The molecule has 1 N–H and O–H groups in total. The number of amides is 1. The van der Waals surface area contributed by atoms with Crippen molar-refractivity contribution in [3.05, 3.63) is 35.5 Å². The number of carbonyl (C=O) groups is 1. The maximum Gasteiger partial charge on any atom is 0.276 e. The Hall–Kier alpha value is -1.96. The fraction of sp³-hybridized carbons (Fsp3) is 0.474. The summed E-state index contributed by atoms with van der Waals surface area (Å²) in [6.07, 6.45) is 2.61. The van der Waals surface area contributed by atoms with Gasteiger partial charge in [-0.25, -0.2) is 0 Å². The van der Waals surface area contributed by atoms with Crippen LogP contribution in [0.15, 0.2) is 30.0 Å². The molecule has 1 amide bonds. The molecule has 3 rings (SSSR count). The number of morpholine rings is 1. The predicted molar refractivity (Wildman–Crippen MR) is 106 cm³/mol. The van der Waals surface area contributed by atoms with Crippen LogP contribution >= 0.6 is 12.2 Å². The lowest BCUT2D eigenvalue weighted by atomic mass is 10.1. The van der Waals surface area contributed by atoms with Crippen LogP contribution in [0.4, 0.5) is 5.69 Å². The van der Waals surface area contributed by atoms with E-state index < -0.39 is 0 Å². The standard InChI is InChI=1S/C19H25N3O3S/c1-2-24-11-3-8-22-18(23)17(20-19(22)26)14-15-4-6-16(7-5-15)21-9-12-25-13-10-21/h4-7,14H,2-3,8-13H2,1H3,(H,20,26)/b17-14+. The van der Waals surface area contributed by atoms with Crippen LogP contribution in [0.1, 0.15) is 18.9 Å². The first kappa shape index (κ1) is 18.8. The van der Waals surface area contributed by atoms with Crippen molar-refractivity contribution >= 4 is 35.0 Å². The number of hydrogen-bond donors (Lipinski definition) is 1. The molecule has 7 heteroatoms. The molecule has 140 valence electrons. The molecule has 0 saturated carbocycles. The minimum absolute atomic E-state index is 0.0799. The van der Waals surface area contributed by atoms with E-state index in [9.17, 15) is 4.79 Å². The summed E-state index contributed by atoms with van der Waals surface area (Å²) in [4.78, 5) is 16.4. The van der Waals surface area contributed by atoms with Gasteiger partial charge in [0.2, 0.25) is 0 Å². The molecule has 0 radical (unpaired) electrons. The van der Waals surface area contributed by atoms with Crippen molar-refractivity contribution in [2.75, 3.05) is 51.0 Å². The summed E-state index contributed by atoms with van der Waals surface area (Å²) in [5.74, 6) is -0.0799. The largest absolute Gasteiger partial charge is 0.382 e. The van der Waals surface area contributed by atoms with Gasteiger partial charge in [-0.1, -0.05) is 12.1 Å². The Labute approximate surface area is 159 Å². The molecule has 0 unspecified atom stereocenters. The summed E-state index contributed by atoms with van der Waals surface area (Å²) in [5, 5.41) is 3.48. The number of nitrogens with one attached hydrogen (secondary N) is 1. The fourth-order valence-corrected chi connectivity index (χ4v) is 3.30. The summed E-state index contributed by atoms with van der Waals surface area (Å²) in [7, 11) is 0. The number of thiocarbonyl (C=S) groups is 1.